The Kier molecular flexibility index (Phi) is 4.28. The van der Waals surface area contributed by atoms with Gasteiger partial charge < -0.3 is 5.11 Å². The summed E-state index contributed by atoms with van der Waals surface area (Å²) < 4.78 is 0. The van der Waals surface area contributed by atoms with Crippen LogP contribution in [-0.2, 0) is 0 Å². The van der Waals surface area contributed by atoms with E-state index in [1.54, 1.807) is 6.07 Å². The molecule has 0 radical (unpaired) electrons. The van der Waals surface area contributed by atoms with Crippen molar-refractivity contribution in [2.45, 2.75) is 23.6 Å². The number of rotatable bonds is 4. The highest BCUT2D eigenvalue weighted by atomic mass is 32.2. The van der Waals surface area contributed by atoms with Gasteiger partial charge in [-0.05, 0) is 37.6 Å². The number of nitro benzene ring substituents is 1. The SMILES string of the molecule is Cc1ccc(Sc2ccc(C(=O)O)c([N+](=O)[O-])c2)c(C)c1. The molecule has 108 valence electrons. The molecule has 0 aliphatic rings. The van der Waals surface area contributed by atoms with Gasteiger partial charge in [0.2, 0.25) is 0 Å². The predicted octanol–water partition coefficient (Wildman–Crippen LogP) is 4.06. The van der Waals surface area contributed by atoms with Crippen LogP contribution in [0.3, 0.4) is 0 Å². The lowest BCUT2D eigenvalue weighted by atomic mass is 10.2. The number of carboxylic acid groups (broad SMARTS) is 1. The van der Waals surface area contributed by atoms with Crippen LogP contribution in [0.4, 0.5) is 5.69 Å². The Morgan fingerprint density at radius 2 is 1.90 bits per heavy atom. The summed E-state index contributed by atoms with van der Waals surface area (Å²) in [7, 11) is 0. The lowest BCUT2D eigenvalue weighted by molar-refractivity contribution is -0.385. The largest absolute Gasteiger partial charge is 0.477 e. The first-order valence-corrected chi connectivity index (χ1v) is 6.97. The van der Waals surface area contributed by atoms with Gasteiger partial charge in [0.1, 0.15) is 5.56 Å². The van der Waals surface area contributed by atoms with E-state index >= 15 is 0 Å². The van der Waals surface area contributed by atoms with Crippen molar-refractivity contribution >= 4 is 23.4 Å². The molecule has 0 saturated heterocycles. The van der Waals surface area contributed by atoms with Crippen LogP contribution in [-0.4, -0.2) is 16.0 Å². The fraction of sp³-hybridized carbons (Fsp3) is 0.133. The van der Waals surface area contributed by atoms with E-state index in [-0.39, 0.29) is 5.56 Å². The minimum absolute atomic E-state index is 0.301. The second-order valence-corrected chi connectivity index (χ2v) is 5.73. The zero-order valence-corrected chi connectivity index (χ0v) is 12.3. The van der Waals surface area contributed by atoms with Crippen LogP contribution in [0.1, 0.15) is 21.5 Å². The van der Waals surface area contributed by atoms with Crippen molar-refractivity contribution in [1.82, 2.24) is 0 Å². The van der Waals surface area contributed by atoms with Crippen molar-refractivity contribution < 1.29 is 14.8 Å². The van der Waals surface area contributed by atoms with Gasteiger partial charge in [-0.1, -0.05) is 29.5 Å². The Labute approximate surface area is 125 Å². The molecule has 1 N–H and O–H groups in total. The van der Waals surface area contributed by atoms with Crippen LogP contribution in [0.25, 0.3) is 0 Å². The third-order valence-electron chi connectivity index (χ3n) is 2.95. The molecule has 2 aromatic carbocycles. The van der Waals surface area contributed by atoms with Gasteiger partial charge in [-0.25, -0.2) is 4.79 Å². The molecular weight excluding hydrogens is 290 g/mol. The molecule has 2 aromatic rings. The summed E-state index contributed by atoms with van der Waals surface area (Å²) in [6.45, 7) is 3.96. The minimum Gasteiger partial charge on any atom is -0.477 e. The van der Waals surface area contributed by atoms with Crippen LogP contribution < -0.4 is 0 Å². The smallest absolute Gasteiger partial charge is 0.342 e. The van der Waals surface area contributed by atoms with Crippen LogP contribution >= 0.6 is 11.8 Å². The standard InChI is InChI=1S/C15H13NO4S/c1-9-3-6-14(10(2)7-9)21-11-4-5-12(15(17)18)13(8-11)16(19)20/h3-8H,1-2H3,(H,17,18). The third-order valence-corrected chi connectivity index (χ3v) is 4.12. The molecule has 21 heavy (non-hydrogen) atoms. The van der Waals surface area contributed by atoms with E-state index < -0.39 is 16.6 Å². The highest BCUT2D eigenvalue weighted by molar-refractivity contribution is 7.99. The van der Waals surface area contributed by atoms with Gasteiger partial charge >= 0.3 is 5.97 Å². The summed E-state index contributed by atoms with van der Waals surface area (Å²) in [6.07, 6.45) is 0. The number of aryl methyl sites for hydroxylation is 2. The van der Waals surface area contributed by atoms with Gasteiger partial charge in [0.05, 0.1) is 4.92 Å². The minimum atomic E-state index is -1.30. The number of carboxylic acids is 1. The Balaban J connectivity index is 2.39. The van der Waals surface area contributed by atoms with E-state index in [0.29, 0.717) is 4.90 Å². The highest BCUT2D eigenvalue weighted by Crippen LogP contribution is 2.33. The van der Waals surface area contributed by atoms with Gasteiger partial charge in [-0.2, -0.15) is 0 Å². The first-order chi connectivity index (χ1) is 9.88. The summed E-state index contributed by atoms with van der Waals surface area (Å²) in [5.41, 5.74) is 1.52. The van der Waals surface area contributed by atoms with Crippen LogP contribution in [0.5, 0.6) is 0 Å². The first kappa shape index (κ1) is 15.1. The van der Waals surface area contributed by atoms with E-state index in [2.05, 4.69) is 0 Å². The Morgan fingerprint density at radius 1 is 1.19 bits per heavy atom. The fourth-order valence-corrected chi connectivity index (χ4v) is 2.86. The third kappa shape index (κ3) is 3.41. The maximum absolute atomic E-state index is 11.0. The lowest BCUT2D eigenvalue weighted by Gasteiger charge is -2.07. The molecule has 2 rings (SSSR count). The summed E-state index contributed by atoms with van der Waals surface area (Å²) in [6, 6.07) is 10.1. The fourth-order valence-electron chi connectivity index (χ4n) is 1.95. The van der Waals surface area contributed by atoms with Crippen LogP contribution in [0.15, 0.2) is 46.2 Å². The Morgan fingerprint density at radius 3 is 2.48 bits per heavy atom. The van der Waals surface area contributed by atoms with Crippen molar-refractivity contribution in [3.05, 3.63) is 63.2 Å². The number of aromatic carboxylic acids is 1. The molecular formula is C15H13NO4S. The zero-order chi connectivity index (χ0) is 15.6. The van der Waals surface area contributed by atoms with Crippen molar-refractivity contribution in [3.8, 4) is 0 Å². The average Bonchev–Trinajstić information content (AvgIpc) is 2.41. The second kappa shape index (κ2) is 5.97. The molecule has 0 unspecified atom stereocenters. The molecule has 0 aliphatic heterocycles. The van der Waals surface area contributed by atoms with Crippen molar-refractivity contribution in [1.29, 1.82) is 0 Å². The summed E-state index contributed by atoms with van der Waals surface area (Å²) in [4.78, 5) is 22.9. The van der Waals surface area contributed by atoms with Gasteiger partial charge in [0, 0.05) is 15.9 Å². The number of hydrogen-bond donors (Lipinski definition) is 1. The molecule has 6 heteroatoms. The number of nitrogens with zero attached hydrogens (tertiary/aromatic N) is 1. The zero-order valence-electron chi connectivity index (χ0n) is 11.5. The lowest BCUT2D eigenvalue weighted by Crippen LogP contribution is -2.02. The van der Waals surface area contributed by atoms with Gasteiger partial charge in [0.15, 0.2) is 0 Å². The Bertz CT molecular complexity index is 728. The average molecular weight is 303 g/mol. The number of carbonyl (C=O) groups is 1. The second-order valence-electron chi connectivity index (χ2n) is 4.61. The number of hydrogen-bond acceptors (Lipinski definition) is 4. The van der Waals surface area contributed by atoms with E-state index in [4.69, 9.17) is 5.11 Å². The monoisotopic (exact) mass is 303 g/mol. The topological polar surface area (TPSA) is 80.4 Å². The molecule has 0 aromatic heterocycles. The number of nitro groups is 1. The van der Waals surface area contributed by atoms with E-state index in [1.807, 2.05) is 32.0 Å². The molecule has 0 fully saturated rings. The summed E-state index contributed by atoms with van der Waals surface area (Å²) in [5, 5.41) is 19.9. The summed E-state index contributed by atoms with van der Waals surface area (Å²) in [5.74, 6) is -1.30. The summed E-state index contributed by atoms with van der Waals surface area (Å²) >= 11 is 1.38. The quantitative estimate of drug-likeness (QED) is 0.680. The van der Waals surface area contributed by atoms with Gasteiger partial charge in [0.25, 0.3) is 5.69 Å². The van der Waals surface area contributed by atoms with Crippen LogP contribution in [0.2, 0.25) is 0 Å². The van der Waals surface area contributed by atoms with E-state index in [9.17, 15) is 14.9 Å². The highest BCUT2D eigenvalue weighted by Gasteiger charge is 2.20. The van der Waals surface area contributed by atoms with Crippen molar-refractivity contribution in [2.24, 2.45) is 0 Å². The van der Waals surface area contributed by atoms with Crippen LogP contribution in [0, 0.1) is 24.0 Å². The maximum Gasteiger partial charge on any atom is 0.342 e. The molecule has 0 bridgehead atoms. The number of benzene rings is 2. The normalized spacial score (nSPS) is 10.4. The molecule has 0 heterocycles. The first-order valence-electron chi connectivity index (χ1n) is 6.15. The van der Waals surface area contributed by atoms with E-state index in [0.717, 1.165) is 16.0 Å². The maximum atomic E-state index is 11.0. The molecule has 0 amide bonds. The predicted molar refractivity (Wildman–Crippen MR) is 80.1 cm³/mol. The van der Waals surface area contributed by atoms with Gasteiger partial charge in [-0.15, -0.1) is 0 Å². The van der Waals surface area contributed by atoms with Gasteiger partial charge in [-0.3, -0.25) is 10.1 Å². The Hall–Kier alpha value is -2.34. The van der Waals surface area contributed by atoms with Crippen molar-refractivity contribution in [3.63, 3.8) is 0 Å². The van der Waals surface area contributed by atoms with E-state index in [1.165, 1.54) is 23.9 Å². The molecule has 0 spiro atoms. The molecule has 5 nitrogen and oxygen atoms in total. The van der Waals surface area contributed by atoms with Crippen molar-refractivity contribution in [2.75, 3.05) is 0 Å². The molecule has 0 aliphatic carbocycles. The molecule has 0 atom stereocenters. The molecule has 0 saturated carbocycles.